The van der Waals surface area contributed by atoms with Crippen molar-refractivity contribution in [3.05, 3.63) is 18.2 Å². The summed E-state index contributed by atoms with van der Waals surface area (Å²) < 4.78 is 2.14. The van der Waals surface area contributed by atoms with Crippen molar-refractivity contribution in [1.29, 1.82) is 0 Å². The Kier molecular flexibility index (Phi) is 4.58. The first-order valence-electron chi connectivity index (χ1n) is 8.11. The van der Waals surface area contributed by atoms with Gasteiger partial charge in [0, 0.05) is 18.9 Å². The number of hydrogen-bond acceptors (Lipinski definition) is 2. The fourth-order valence-corrected chi connectivity index (χ4v) is 3.55. The number of rotatable bonds is 3. The molecule has 3 heteroatoms. The number of aliphatic hydroxyl groups is 1. The minimum Gasteiger partial charge on any atom is -0.382 e. The molecule has 2 unspecified atom stereocenters. The van der Waals surface area contributed by atoms with E-state index in [0.717, 1.165) is 44.5 Å². The van der Waals surface area contributed by atoms with E-state index in [1.807, 2.05) is 12.4 Å². The maximum atomic E-state index is 11.1. The van der Waals surface area contributed by atoms with Gasteiger partial charge in [-0.25, -0.2) is 4.98 Å². The van der Waals surface area contributed by atoms with Gasteiger partial charge in [-0.1, -0.05) is 27.7 Å². The maximum absolute atomic E-state index is 11.1. The summed E-state index contributed by atoms with van der Waals surface area (Å²) in [6, 6.07) is 0. The third kappa shape index (κ3) is 3.25. The minimum atomic E-state index is -0.724. The molecule has 1 aromatic heterocycles. The van der Waals surface area contributed by atoms with E-state index in [2.05, 4.69) is 37.2 Å². The number of aryl methyl sites for hydroxylation is 1. The molecular formula is C17H30N2O. The van der Waals surface area contributed by atoms with E-state index < -0.39 is 5.60 Å². The highest BCUT2D eigenvalue weighted by Crippen LogP contribution is 2.42. The van der Waals surface area contributed by atoms with Crippen molar-refractivity contribution in [2.24, 2.45) is 11.3 Å². The van der Waals surface area contributed by atoms with Crippen LogP contribution in [0.2, 0.25) is 0 Å². The third-order valence-corrected chi connectivity index (χ3v) is 4.87. The second-order valence-electron chi connectivity index (χ2n) is 7.47. The van der Waals surface area contributed by atoms with E-state index in [0.29, 0.717) is 11.3 Å². The molecule has 0 amide bonds. The molecular weight excluding hydrogens is 248 g/mol. The lowest BCUT2D eigenvalue weighted by molar-refractivity contribution is 0.00591. The number of aromatic nitrogens is 2. The van der Waals surface area contributed by atoms with Crippen molar-refractivity contribution >= 4 is 0 Å². The Hall–Kier alpha value is -0.830. The lowest BCUT2D eigenvalue weighted by Crippen LogP contribution is -2.30. The Labute approximate surface area is 123 Å². The number of hydrogen-bond donors (Lipinski definition) is 1. The molecule has 2 rings (SSSR count). The summed E-state index contributed by atoms with van der Waals surface area (Å²) in [5.74, 6) is 1.58. The van der Waals surface area contributed by atoms with Crippen LogP contribution in [0.1, 0.15) is 72.0 Å². The molecule has 1 heterocycles. The molecule has 0 saturated heterocycles. The van der Waals surface area contributed by atoms with Crippen LogP contribution in [0, 0.1) is 11.3 Å². The van der Waals surface area contributed by atoms with Crippen molar-refractivity contribution in [2.75, 3.05) is 0 Å². The topological polar surface area (TPSA) is 38.0 Å². The highest BCUT2D eigenvalue weighted by molar-refractivity contribution is 5.06. The average molecular weight is 278 g/mol. The van der Waals surface area contributed by atoms with Crippen molar-refractivity contribution < 1.29 is 5.11 Å². The van der Waals surface area contributed by atoms with Gasteiger partial charge >= 0.3 is 0 Å². The summed E-state index contributed by atoms with van der Waals surface area (Å²) in [4.78, 5) is 4.47. The molecule has 0 bridgehead atoms. The van der Waals surface area contributed by atoms with Crippen LogP contribution in [0.5, 0.6) is 0 Å². The van der Waals surface area contributed by atoms with Gasteiger partial charge in [0.05, 0.1) is 0 Å². The molecule has 0 spiro atoms. The van der Waals surface area contributed by atoms with E-state index in [4.69, 9.17) is 0 Å². The van der Waals surface area contributed by atoms with E-state index >= 15 is 0 Å². The molecule has 1 fully saturated rings. The molecule has 0 aromatic carbocycles. The lowest BCUT2D eigenvalue weighted by atomic mass is 9.76. The quantitative estimate of drug-likeness (QED) is 0.845. The van der Waals surface area contributed by atoms with Gasteiger partial charge in [-0.2, -0.15) is 0 Å². The molecule has 20 heavy (non-hydrogen) atoms. The second-order valence-corrected chi connectivity index (χ2v) is 7.47. The van der Waals surface area contributed by atoms with Crippen LogP contribution in [0.3, 0.4) is 0 Å². The molecule has 1 aliphatic carbocycles. The SMILES string of the molecule is CCCn1ccnc1C1(O)CCCC(C(C)(C)C)CC1. The Morgan fingerprint density at radius 3 is 2.75 bits per heavy atom. The summed E-state index contributed by atoms with van der Waals surface area (Å²) in [5.41, 5.74) is -0.386. The monoisotopic (exact) mass is 278 g/mol. The van der Waals surface area contributed by atoms with Crippen molar-refractivity contribution in [1.82, 2.24) is 9.55 Å². The molecule has 1 aromatic rings. The van der Waals surface area contributed by atoms with Gasteiger partial charge < -0.3 is 9.67 Å². The molecule has 1 N–H and O–H groups in total. The Morgan fingerprint density at radius 1 is 1.35 bits per heavy atom. The van der Waals surface area contributed by atoms with Gasteiger partial charge in [0.2, 0.25) is 0 Å². The van der Waals surface area contributed by atoms with Crippen LogP contribution in [0.4, 0.5) is 0 Å². The first kappa shape index (κ1) is 15.6. The largest absolute Gasteiger partial charge is 0.382 e. The van der Waals surface area contributed by atoms with E-state index in [1.54, 1.807) is 0 Å². The highest BCUT2D eigenvalue weighted by Gasteiger charge is 2.38. The van der Waals surface area contributed by atoms with E-state index in [1.165, 1.54) is 6.42 Å². The molecule has 1 saturated carbocycles. The van der Waals surface area contributed by atoms with E-state index in [9.17, 15) is 5.11 Å². The first-order valence-corrected chi connectivity index (χ1v) is 8.11. The van der Waals surface area contributed by atoms with Gasteiger partial charge in [-0.3, -0.25) is 0 Å². The van der Waals surface area contributed by atoms with Crippen LogP contribution in [0.15, 0.2) is 12.4 Å². The molecule has 0 aliphatic heterocycles. The fraction of sp³-hybridized carbons (Fsp3) is 0.824. The van der Waals surface area contributed by atoms with Gasteiger partial charge in [0.1, 0.15) is 11.4 Å². The van der Waals surface area contributed by atoms with Gasteiger partial charge in [0.15, 0.2) is 0 Å². The van der Waals surface area contributed by atoms with Crippen LogP contribution in [-0.2, 0) is 12.1 Å². The summed E-state index contributed by atoms with van der Waals surface area (Å²) in [7, 11) is 0. The molecule has 0 radical (unpaired) electrons. The van der Waals surface area contributed by atoms with Crippen LogP contribution in [0.25, 0.3) is 0 Å². The Balaban J connectivity index is 2.17. The summed E-state index contributed by atoms with van der Waals surface area (Å²) in [6.45, 7) is 10.1. The standard InChI is InChI=1S/C17H30N2O/c1-5-12-19-13-11-18-15(19)17(20)9-6-7-14(8-10-17)16(2,3)4/h11,13-14,20H,5-10,12H2,1-4H3. The highest BCUT2D eigenvalue weighted by atomic mass is 16.3. The fourth-order valence-electron chi connectivity index (χ4n) is 3.55. The predicted molar refractivity (Wildman–Crippen MR) is 82.4 cm³/mol. The second kappa shape index (κ2) is 5.88. The van der Waals surface area contributed by atoms with Crippen molar-refractivity contribution in [3.8, 4) is 0 Å². The summed E-state index contributed by atoms with van der Waals surface area (Å²) >= 11 is 0. The molecule has 2 atom stereocenters. The minimum absolute atomic E-state index is 0.337. The van der Waals surface area contributed by atoms with Crippen LogP contribution < -0.4 is 0 Å². The van der Waals surface area contributed by atoms with Gasteiger partial charge in [-0.15, -0.1) is 0 Å². The molecule has 114 valence electrons. The summed E-state index contributed by atoms with van der Waals surface area (Å²) in [6.07, 6.45) is 10.0. The maximum Gasteiger partial charge on any atom is 0.140 e. The third-order valence-electron chi connectivity index (χ3n) is 4.87. The first-order chi connectivity index (χ1) is 9.37. The average Bonchev–Trinajstić information content (AvgIpc) is 2.72. The summed E-state index contributed by atoms with van der Waals surface area (Å²) in [5, 5.41) is 11.1. The number of imidazole rings is 1. The van der Waals surface area contributed by atoms with Gasteiger partial charge in [0.25, 0.3) is 0 Å². The molecule has 3 nitrogen and oxygen atoms in total. The zero-order chi connectivity index (χ0) is 14.8. The lowest BCUT2D eigenvalue weighted by Gasteiger charge is -2.31. The van der Waals surface area contributed by atoms with Crippen molar-refractivity contribution in [2.45, 2.75) is 78.4 Å². The van der Waals surface area contributed by atoms with E-state index in [-0.39, 0.29) is 0 Å². The van der Waals surface area contributed by atoms with Crippen LogP contribution >= 0.6 is 0 Å². The zero-order valence-corrected chi connectivity index (χ0v) is 13.5. The smallest absolute Gasteiger partial charge is 0.140 e. The Morgan fingerprint density at radius 2 is 2.10 bits per heavy atom. The Bertz CT molecular complexity index is 432. The van der Waals surface area contributed by atoms with Crippen LogP contribution in [-0.4, -0.2) is 14.7 Å². The zero-order valence-electron chi connectivity index (χ0n) is 13.5. The number of nitrogens with zero attached hydrogens (tertiary/aromatic N) is 2. The van der Waals surface area contributed by atoms with Gasteiger partial charge in [-0.05, 0) is 49.9 Å². The predicted octanol–water partition coefficient (Wildman–Crippen LogP) is 4.11. The molecule has 1 aliphatic rings. The normalized spacial score (nSPS) is 28.4. The van der Waals surface area contributed by atoms with Crippen molar-refractivity contribution in [3.63, 3.8) is 0 Å².